The number of amides is 1. The maximum atomic E-state index is 13.0. The van der Waals surface area contributed by atoms with E-state index in [1.165, 1.54) is 12.1 Å². The van der Waals surface area contributed by atoms with Gasteiger partial charge in [0.1, 0.15) is 5.69 Å². The van der Waals surface area contributed by atoms with Crippen LogP contribution in [0.15, 0.2) is 67.1 Å². The molecular weight excluding hydrogens is 495 g/mol. The van der Waals surface area contributed by atoms with Crippen molar-refractivity contribution >= 4 is 29.2 Å². The number of allylic oxidation sites excluding steroid dienone is 1. The molecule has 1 amide bonds. The molecule has 0 aliphatic rings. The highest BCUT2D eigenvalue weighted by Gasteiger charge is 2.30. The van der Waals surface area contributed by atoms with E-state index in [2.05, 4.69) is 37.5 Å². The number of hydrogen-bond donors (Lipinski definition) is 4. The summed E-state index contributed by atoms with van der Waals surface area (Å²) in [6.45, 7) is 1.83. The highest BCUT2D eigenvalue weighted by atomic mass is 19.4. The Morgan fingerprint density at radius 1 is 1.11 bits per heavy atom. The van der Waals surface area contributed by atoms with Crippen LogP contribution in [0.4, 0.5) is 24.5 Å². The summed E-state index contributed by atoms with van der Waals surface area (Å²) >= 11 is 0. The Morgan fingerprint density at radius 3 is 2.63 bits per heavy atom. The van der Waals surface area contributed by atoms with Gasteiger partial charge in [-0.05, 0) is 54.8 Å². The van der Waals surface area contributed by atoms with E-state index in [9.17, 15) is 18.0 Å². The standard InChI is InChI=1S/C27H22F3N7O/c1-17-6-7-19(26(38)36-21-5-3-4-20(13-21)27(28,29)30)12-18(17)8-9-22-14-32-25(35-22)24(10-11-31)34-23-15-33-37(2)16-23/h3-7,10-16,31,34H,1-2H3,(H,32,35)(H,36,38)/b24-10+,31-11?. The molecule has 0 fully saturated rings. The molecule has 0 saturated heterocycles. The van der Waals surface area contributed by atoms with E-state index in [1.807, 2.05) is 6.92 Å². The summed E-state index contributed by atoms with van der Waals surface area (Å²) < 4.78 is 40.6. The Bertz CT molecular complexity index is 1590. The van der Waals surface area contributed by atoms with Gasteiger partial charge < -0.3 is 21.0 Å². The van der Waals surface area contributed by atoms with Gasteiger partial charge in [-0.2, -0.15) is 18.3 Å². The molecule has 8 nitrogen and oxygen atoms in total. The average molecular weight is 518 g/mol. The molecule has 0 aliphatic heterocycles. The number of aryl methyl sites for hydroxylation is 2. The van der Waals surface area contributed by atoms with Crippen molar-refractivity contribution in [2.24, 2.45) is 7.05 Å². The van der Waals surface area contributed by atoms with Crippen molar-refractivity contribution in [1.82, 2.24) is 19.7 Å². The number of hydrogen-bond acceptors (Lipinski definition) is 5. The van der Waals surface area contributed by atoms with Gasteiger partial charge in [-0.25, -0.2) is 4.98 Å². The lowest BCUT2D eigenvalue weighted by atomic mass is 10.0. The van der Waals surface area contributed by atoms with Crippen LogP contribution in [0.2, 0.25) is 0 Å². The quantitative estimate of drug-likeness (QED) is 0.207. The number of alkyl halides is 3. The monoisotopic (exact) mass is 517 g/mol. The topological polar surface area (TPSA) is 111 Å². The van der Waals surface area contributed by atoms with Crippen LogP contribution in [0.25, 0.3) is 5.70 Å². The van der Waals surface area contributed by atoms with Gasteiger partial charge in [-0.15, -0.1) is 0 Å². The van der Waals surface area contributed by atoms with Gasteiger partial charge >= 0.3 is 6.18 Å². The summed E-state index contributed by atoms with van der Waals surface area (Å²) in [5.74, 6) is 5.89. The van der Waals surface area contributed by atoms with Crippen molar-refractivity contribution in [2.75, 3.05) is 10.6 Å². The molecule has 0 bridgehead atoms. The first kappa shape index (κ1) is 26.0. The van der Waals surface area contributed by atoms with Crippen LogP contribution in [-0.4, -0.2) is 31.9 Å². The third kappa shape index (κ3) is 6.36. The van der Waals surface area contributed by atoms with Crippen LogP contribution in [0, 0.1) is 24.2 Å². The van der Waals surface area contributed by atoms with Crippen LogP contribution < -0.4 is 10.6 Å². The minimum absolute atomic E-state index is 0.0386. The SMILES string of the molecule is Cc1ccc(C(=O)Nc2cccc(C(F)(F)F)c2)cc1C#Cc1cnc(/C(=C\C=N)Nc2cnn(C)c2)[nH]1. The predicted molar refractivity (Wildman–Crippen MR) is 139 cm³/mol. The molecule has 0 radical (unpaired) electrons. The second-order valence-electron chi connectivity index (χ2n) is 8.23. The van der Waals surface area contributed by atoms with Crippen LogP contribution in [-0.2, 0) is 13.2 Å². The summed E-state index contributed by atoms with van der Waals surface area (Å²) in [6, 6.07) is 9.32. The summed E-state index contributed by atoms with van der Waals surface area (Å²) in [5.41, 5.74) is 2.60. The van der Waals surface area contributed by atoms with Crippen molar-refractivity contribution in [2.45, 2.75) is 13.1 Å². The van der Waals surface area contributed by atoms with Crippen LogP contribution in [0.5, 0.6) is 0 Å². The van der Waals surface area contributed by atoms with Gasteiger partial charge in [0, 0.05) is 36.3 Å². The molecule has 0 atom stereocenters. The number of nitrogens with one attached hydrogen (secondary N) is 4. The maximum absolute atomic E-state index is 13.0. The Labute approximate surface area is 216 Å². The van der Waals surface area contributed by atoms with E-state index in [1.54, 1.807) is 54.6 Å². The number of aromatic amines is 1. The van der Waals surface area contributed by atoms with Gasteiger partial charge in [-0.1, -0.05) is 18.1 Å². The van der Waals surface area contributed by atoms with Crippen LogP contribution in [0.3, 0.4) is 0 Å². The molecule has 0 saturated carbocycles. The molecule has 4 rings (SSSR count). The Hall–Kier alpha value is -5.11. The van der Waals surface area contributed by atoms with E-state index >= 15 is 0 Å². The van der Waals surface area contributed by atoms with Gasteiger partial charge in [0.05, 0.1) is 29.3 Å². The Morgan fingerprint density at radius 2 is 1.92 bits per heavy atom. The van der Waals surface area contributed by atoms with E-state index in [4.69, 9.17) is 5.41 Å². The number of carbonyl (C=O) groups is 1. The fraction of sp³-hybridized carbons (Fsp3) is 0.111. The molecule has 38 heavy (non-hydrogen) atoms. The van der Waals surface area contributed by atoms with Gasteiger partial charge in [0.15, 0.2) is 5.82 Å². The molecular formula is C27H22F3N7O. The molecule has 2 heterocycles. The fourth-order valence-corrected chi connectivity index (χ4v) is 3.44. The summed E-state index contributed by atoms with van der Waals surface area (Å²) in [6.07, 6.45) is 3.13. The molecule has 0 aliphatic carbocycles. The zero-order valence-corrected chi connectivity index (χ0v) is 20.3. The first-order valence-corrected chi connectivity index (χ1v) is 11.3. The van der Waals surface area contributed by atoms with Crippen molar-refractivity contribution < 1.29 is 18.0 Å². The zero-order chi connectivity index (χ0) is 27.3. The molecule has 0 spiro atoms. The van der Waals surface area contributed by atoms with Crippen molar-refractivity contribution in [3.63, 3.8) is 0 Å². The number of rotatable bonds is 6. The molecule has 2 aromatic heterocycles. The lowest BCUT2D eigenvalue weighted by molar-refractivity contribution is -0.137. The van der Waals surface area contributed by atoms with Gasteiger partial charge in [0.25, 0.3) is 5.91 Å². The third-order valence-corrected chi connectivity index (χ3v) is 5.34. The molecule has 4 aromatic rings. The highest BCUT2D eigenvalue weighted by Crippen LogP contribution is 2.30. The van der Waals surface area contributed by atoms with Crippen LogP contribution in [0.1, 0.15) is 38.6 Å². The molecule has 2 aromatic carbocycles. The zero-order valence-electron chi connectivity index (χ0n) is 20.3. The average Bonchev–Trinajstić information content (AvgIpc) is 3.51. The summed E-state index contributed by atoms with van der Waals surface area (Å²) in [5, 5.41) is 17.2. The third-order valence-electron chi connectivity index (χ3n) is 5.34. The number of halogens is 3. The Balaban J connectivity index is 1.52. The molecule has 0 unspecified atom stereocenters. The lowest BCUT2D eigenvalue weighted by Crippen LogP contribution is -2.13. The normalized spacial score (nSPS) is 11.4. The smallest absolute Gasteiger partial charge is 0.350 e. The molecule has 4 N–H and O–H groups in total. The van der Waals surface area contributed by atoms with Crippen molar-refractivity contribution in [3.8, 4) is 11.8 Å². The number of imidazole rings is 1. The fourth-order valence-electron chi connectivity index (χ4n) is 3.44. The van der Waals surface area contributed by atoms with E-state index in [-0.39, 0.29) is 11.3 Å². The summed E-state index contributed by atoms with van der Waals surface area (Å²) in [7, 11) is 1.79. The number of nitrogens with zero attached hydrogens (tertiary/aromatic N) is 3. The number of aromatic nitrogens is 4. The highest BCUT2D eigenvalue weighted by molar-refractivity contribution is 6.04. The van der Waals surface area contributed by atoms with Crippen molar-refractivity contribution in [1.29, 1.82) is 5.41 Å². The minimum Gasteiger partial charge on any atom is -0.350 e. The second-order valence-corrected chi connectivity index (χ2v) is 8.23. The first-order chi connectivity index (χ1) is 18.1. The number of benzene rings is 2. The predicted octanol–water partition coefficient (Wildman–Crippen LogP) is 5.23. The van der Waals surface area contributed by atoms with Crippen molar-refractivity contribution in [3.05, 3.63) is 101 Å². The Kier molecular flexibility index (Phi) is 7.43. The first-order valence-electron chi connectivity index (χ1n) is 11.3. The molecule has 11 heteroatoms. The number of H-pyrrole nitrogens is 1. The van der Waals surface area contributed by atoms with E-state index in [0.717, 1.165) is 29.6 Å². The minimum atomic E-state index is -4.51. The van der Waals surface area contributed by atoms with E-state index in [0.29, 0.717) is 22.8 Å². The number of anilines is 2. The maximum Gasteiger partial charge on any atom is 0.416 e. The lowest BCUT2D eigenvalue weighted by Gasteiger charge is -2.10. The summed E-state index contributed by atoms with van der Waals surface area (Å²) in [4.78, 5) is 20.1. The largest absolute Gasteiger partial charge is 0.416 e. The van der Waals surface area contributed by atoms with Crippen LogP contribution >= 0.6 is 0 Å². The second kappa shape index (κ2) is 10.9. The molecule has 192 valence electrons. The number of carbonyl (C=O) groups excluding carboxylic acids is 1. The van der Waals surface area contributed by atoms with Gasteiger partial charge in [0.2, 0.25) is 0 Å². The van der Waals surface area contributed by atoms with E-state index < -0.39 is 17.6 Å². The van der Waals surface area contributed by atoms with Gasteiger partial charge in [-0.3, -0.25) is 9.48 Å².